The third-order valence-electron chi connectivity index (χ3n) is 4.08. The average molecular weight is 251 g/mol. The molecule has 2 heterocycles. The standard InChI is InChI=1S/C14H19ClN2/c1-14(2)3-5-17-6-4-16-9-10-7-11(15)8-12(14)13(10)17/h7-8,16H,3-6,9H2,1-2H3. The Morgan fingerprint density at radius 1 is 1.29 bits per heavy atom. The second-order valence-corrected chi connectivity index (χ2v) is 6.20. The molecule has 0 saturated heterocycles. The Kier molecular flexibility index (Phi) is 2.60. The van der Waals surface area contributed by atoms with Crippen LogP contribution in [-0.2, 0) is 12.0 Å². The lowest BCUT2D eigenvalue weighted by molar-refractivity contribution is 0.454. The molecule has 0 spiro atoms. The summed E-state index contributed by atoms with van der Waals surface area (Å²) in [6, 6.07) is 4.28. The summed E-state index contributed by atoms with van der Waals surface area (Å²) < 4.78 is 0. The van der Waals surface area contributed by atoms with Gasteiger partial charge in [0.05, 0.1) is 0 Å². The highest BCUT2D eigenvalue weighted by molar-refractivity contribution is 6.30. The summed E-state index contributed by atoms with van der Waals surface area (Å²) in [6.07, 6.45) is 1.21. The van der Waals surface area contributed by atoms with Crippen LogP contribution in [0.15, 0.2) is 12.1 Å². The zero-order valence-corrected chi connectivity index (χ0v) is 11.3. The Morgan fingerprint density at radius 3 is 2.94 bits per heavy atom. The number of halogens is 1. The zero-order chi connectivity index (χ0) is 12.0. The minimum Gasteiger partial charge on any atom is -0.370 e. The van der Waals surface area contributed by atoms with E-state index < -0.39 is 0 Å². The number of anilines is 1. The second kappa shape index (κ2) is 3.89. The highest BCUT2D eigenvalue weighted by Crippen LogP contribution is 2.43. The molecule has 0 fully saturated rings. The number of hydrogen-bond donors (Lipinski definition) is 1. The normalized spacial score (nSPS) is 21.9. The zero-order valence-electron chi connectivity index (χ0n) is 10.5. The lowest BCUT2D eigenvalue weighted by Crippen LogP contribution is -2.39. The van der Waals surface area contributed by atoms with Crippen LogP contribution in [0.4, 0.5) is 5.69 Å². The van der Waals surface area contributed by atoms with Crippen molar-refractivity contribution < 1.29 is 0 Å². The predicted octanol–water partition coefficient (Wildman–Crippen LogP) is 2.93. The molecule has 1 N–H and O–H groups in total. The molecule has 1 aromatic carbocycles. The Labute approximate surface area is 108 Å². The van der Waals surface area contributed by atoms with E-state index in [-0.39, 0.29) is 5.41 Å². The Morgan fingerprint density at radius 2 is 2.12 bits per heavy atom. The molecule has 3 heteroatoms. The number of benzene rings is 1. The monoisotopic (exact) mass is 250 g/mol. The molecule has 0 saturated carbocycles. The lowest BCUT2D eigenvalue weighted by Gasteiger charge is -2.40. The summed E-state index contributed by atoms with van der Waals surface area (Å²) in [5, 5.41) is 4.35. The highest BCUT2D eigenvalue weighted by atomic mass is 35.5. The molecule has 2 aliphatic rings. The molecule has 0 bridgehead atoms. The molecule has 0 unspecified atom stereocenters. The van der Waals surface area contributed by atoms with Crippen LogP contribution in [-0.4, -0.2) is 19.6 Å². The molecule has 0 aromatic heterocycles. The van der Waals surface area contributed by atoms with Gasteiger partial charge in [-0.2, -0.15) is 0 Å². The summed E-state index contributed by atoms with van der Waals surface area (Å²) in [5.74, 6) is 0. The molecule has 1 aromatic rings. The van der Waals surface area contributed by atoms with Gasteiger partial charge in [0.15, 0.2) is 0 Å². The molecule has 2 aliphatic heterocycles. The van der Waals surface area contributed by atoms with E-state index in [1.165, 1.54) is 23.2 Å². The highest BCUT2D eigenvalue weighted by Gasteiger charge is 2.33. The topological polar surface area (TPSA) is 15.3 Å². The van der Waals surface area contributed by atoms with Gasteiger partial charge in [-0.25, -0.2) is 0 Å². The van der Waals surface area contributed by atoms with Gasteiger partial charge in [-0.05, 0) is 35.1 Å². The number of nitrogens with zero attached hydrogens (tertiary/aromatic N) is 1. The van der Waals surface area contributed by atoms with E-state index >= 15 is 0 Å². The van der Waals surface area contributed by atoms with Gasteiger partial charge in [0.1, 0.15) is 0 Å². The van der Waals surface area contributed by atoms with Crippen molar-refractivity contribution in [2.75, 3.05) is 24.5 Å². The molecular weight excluding hydrogens is 232 g/mol. The summed E-state index contributed by atoms with van der Waals surface area (Å²) in [6.45, 7) is 8.93. The van der Waals surface area contributed by atoms with Crippen LogP contribution in [0, 0.1) is 0 Å². The third kappa shape index (κ3) is 1.84. The van der Waals surface area contributed by atoms with Gasteiger partial charge in [-0.1, -0.05) is 25.4 Å². The first-order chi connectivity index (χ1) is 8.08. The van der Waals surface area contributed by atoms with Crippen LogP contribution in [0.5, 0.6) is 0 Å². The van der Waals surface area contributed by atoms with Crippen LogP contribution >= 0.6 is 11.6 Å². The molecule has 92 valence electrons. The summed E-state index contributed by atoms with van der Waals surface area (Å²) in [5.41, 5.74) is 4.47. The average Bonchev–Trinajstić information content (AvgIpc) is 2.46. The fourth-order valence-corrected chi connectivity index (χ4v) is 3.24. The number of hydrogen-bond acceptors (Lipinski definition) is 2. The molecule has 0 amide bonds. The molecular formula is C14H19ClN2. The van der Waals surface area contributed by atoms with E-state index in [1.54, 1.807) is 0 Å². The Bertz CT molecular complexity index is 454. The van der Waals surface area contributed by atoms with Crippen molar-refractivity contribution in [2.45, 2.75) is 32.2 Å². The fourth-order valence-electron chi connectivity index (χ4n) is 3.00. The van der Waals surface area contributed by atoms with Gasteiger partial charge < -0.3 is 10.2 Å². The second-order valence-electron chi connectivity index (χ2n) is 5.76. The Balaban J connectivity index is 2.23. The Hall–Kier alpha value is -0.730. The van der Waals surface area contributed by atoms with Crippen LogP contribution < -0.4 is 10.2 Å². The van der Waals surface area contributed by atoms with E-state index in [1.807, 2.05) is 0 Å². The van der Waals surface area contributed by atoms with Crippen LogP contribution in [0.25, 0.3) is 0 Å². The first-order valence-electron chi connectivity index (χ1n) is 6.36. The molecule has 2 nitrogen and oxygen atoms in total. The van der Waals surface area contributed by atoms with E-state index in [4.69, 9.17) is 11.6 Å². The van der Waals surface area contributed by atoms with Gasteiger partial charge in [-0.15, -0.1) is 0 Å². The SMILES string of the molecule is CC1(C)CCN2CCNCc3cc(Cl)cc1c32. The van der Waals surface area contributed by atoms with Crippen LogP contribution in [0.2, 0.25) is 5.02 Å². The van der Waals surface area contributed by atoms with E-state index in [2.05, 4.69) is 36.2 Å². The number of rotatable bonds is 0. The van der Waals surface area contributed by atoms with Gasteiger partial charge in [0.2, 0.25) is 0 Å². The van der Waals surface area contributed by atoms with Crippen LogP contribution in [0.1, 0.15) is 31.4 Å². The van der Waals surface area contributed by atoms with E-state index in [9.17, 15) is 0 Å². The van der Waals surface area contributed by atoms with Crippen molar-refractivity contribution in [2.24, 2.45) is 0 Å². The first-order valence-corrected chi connectivity index (χ1v) is 6.74. The number of nitrogens with one attached hydrogen (secondary N) is 1. The molecule has 0 atom stereocenters. The maximum atomic E-state index is 6.27. The maximum Gasteiger partial charge on any atom is 0.0451 e. The first kappa shape index (κ1) is 11.4. The van der Waals surface area contributed by atoms with Crippen molar-refractivity contribution in [3.05, 3.63) is 28.3 Å². The minimum atomic E-state index is 0.246. The lowest BCUT2D eigenvalue weighted by atomic mass is 9.76. The van der Waals surface area contributed by atoms with Gasteiger partial charge >= 0.3 is 0 Å². The van der Waals surface area contributed by atoms with Crippen molar-refractivity contribution >= 4 is 17.3 Å². The van der Waals surface area contributed by atoms with E-state index in [0.29, 0.717) is 0 Å². The van der Waals surface area contributed by atoms with Crippen LogP contribution in [0.3, 0.4) is 0 Å². The largest absolute Gasteiger partial charge is 0.370 e. The maximum absolute atomic E-state index is 6.27. The van der Waals surface area contributed by atoms with E-state index in [0.717, 1.165) is 31.2 Å². The third-order valence-corrected chi connectivity index (χ3v) is 4.30. The van der Waals surface area contributed by atoms with Crippen molar-refractivity contribution in [3.63, 3.8) is 0 Å². The van der Waals surface area contributed by atoms with Gasteiger partial charge in [0.25, 0.3) is 0 Å². The predicted molar refractivity (Wildman–Crippen MR) is 73.0 cm³/mol. The minimum absolute atomic E-state index is 0.246. The molecule has 3 rings (SSSR count). The van der Waals surface area contributed by atoms with Crippen molar-refractivity contribution in [1.29, 1.82) is 0 Å². The quantitative estimate of drug-likeness (QED) is 0.762. The fraction of sp³-hybridized carbons (Fsp3) is 0.571. The van der Waals surface area contributed by atoms with Gasteiger partial charge in [-0.3, -0.25) is 0 Å². The molecule has 17 heavy (non-hydrogen) atoms. The van der Waals surface area contributed by atoms with Gasteiger partial charge in [0, 0.05) is 36.9 Å². The summed E-state index contributed by atoms with van der Waals surface area (Å²) in [4.78, 5) is 2.52. The summed E-state index contributed by atoms with van der Waals surface area (Å²) >= 11 is 6.27. The van der Waals surface area contributed by atoms with Crippen molar-refractivity contribution in [3.8, 4) is 0 Å². The molecule has 0 aliphatic carbocycles. The molecule has 0 radical (unpaired) electrons. The van der Waals surface area contributed by atoms with Crippen molar-refractivity contribution in [1.82, 2.24) is 5.32 Å². The summed E-state index contributed by atoms with van der Waals surface area (Å²) in [7, 11) is 0. The smallest absolute Gasteiger partial charge is 0.0451 e.